The van der Waals surface area contributed by atoms with Crippen molar-refractivity contribution in [3.63, 3.8) is 0 Å². The highest BCUT2D eigenvalue weighted by molar-refractivity contribution is 5.75. The SMILES string of the molecule is CCCc1cc(CN(C)C(=O)NCc2ccc3nonc3c2)[nH]n1. The average Bonchev–Trinajstić information content (AvgIpc) is 3.21. The maximum absolute atomic E-state index is 12.2. The quantitative estimate of drug-likeness (QED) is 0.723. The van der Waals surface area contributed by atoms with E-state index in [9.17, 15) is 4.79 Å². The van der Waals surface area contributed by atoms with Gasteiger partial charge in [-0.2, -0.15) is 5.10 Å². The maximum atomic E-state index is 12.2. The van der Waals surface area contributed by atoms with Crippen LogP contribution in [-0.4, -0.2) is 38.5 Å². The van der Waals surface area contributed by atoms with Crippen LogP contribution in [0.4, 0.5) is 4.79 Å². The zero-order chi connectivity index (χ0) is 16.9. The van der Waals surface area contributed by atoms with Crippen LogP contribution in [0.15, 0.2) is 28.9 Å². The van der Waals surface area contributed by atoms with Gasteiger partial charge in [-0.15, -0.1) is 0 Å². The number of carbonyl (C=O) groups is 1. The van der Waals surface area contributed by atoms with Crippen molar-refractivity contribution in [1.82, 2.24) is 30.7 Å². The molecule has 0 atom stereocenters. The van der Waals surface area contributed by atoms with E-state index in [1.807, 2.05) is 24.3 Å². The summed E-state index contributed by atoms with van der Waals surface area (Å²) >= 11 is 0. The number of rotatable bonds is 6. The van der Waals surface area contributed by atoms with Crippen LogP contribution in [0.2, 0.25) is 0 Å². The van der Waals surface area contributed by atoms with Crippen LogP contribution < -0.4 is 5.32 Å². The van der Waals surface area contributed by atoms with Gasteiger partial charge in [-0.1, -0.05) is 19.4 Å². The molecule has 0 fully saturated rings. The van der Waals surface area contributed by atoms with Crippen LogP contribution in [0.3, 0.4) is 0 Å². The first-order valence-corrected chi connectivity index (χ1v) is 7.89. The minimum atomic E-state index is -0.153. The predicted molar refractivity (Wildman–Crippen MR) is 88.1 cm³/mol. The Morgan fingerprint density at radius 3 is 2.96 bits per heavy atom. The molecule has 0 saturated heterocycles. The first-order chi connectivity index (χ1) is 11.7. The zero-order valence-corrected chi connectivity index (χ0v) is 13.7. The highest BCUT2D eigenvalue weighted by atomic mass is 16.6. The molecule has 0 aliphatic heterocycles. The van der Waals surface area contributed by atoms with Gasteiger partial charge in [0.2, 0.25) is 0 Å². The molecule has 2 amide bonds. The van der Waals surface area contributed by atoms with Crippen LogP contribution in [0.25, 0.3) is 11.0 Å². The zero-order valence-electron chi connectivity index (χ0n) is 13.7. The maximum Gasteiger partial charge on any atom is 0.317 e. The molecule has 8 heteroatoms. The van der Waals surface area contributed by atoms with E-state index in [1.165, 1.54) is 0 Å². The summed E-state index contributed by atoms with van der Waals surface area (Å²) in [7, 11) is 1.75. The minimum absolute atomic E-state index is 0.153. The van der Waals surface area contributed by atoms with E-state index in [0.29, 0.717) is 24.1 Å². The molecule has 0 spiro atoms. The van der Waals surface area contributed by atoms with Gasteiger partial charge in [0.15, 0.2) is 0 Å². The van der Waals surface area contributed by atoms with E-state index in [1.54, 1.807) is 11.9 Å². The van der Waals surface area contributed by atoms with Gasteiger partial charge in [0.25, 0.3) is 0 Å². The van der Waals surface area contributed by atoms with Gasteiger partial charge in [0.1, 0.15) is 11.0 Å². The highest BCUT2D eigenvalue weighted by Gasteiger charge is 2.11. The van der Waals surface area contributed by atoms with Crippen LogP contribution in [-0.2, 0) is 19.5 Å². The van der Waals surface area contributed by atoms with Crippen molar-refractivity contribution in [3.05, 3.63) is 41.2 Å². The molecule has 0 bridgehead atoms. The van der Waals surface area contributed by atoms with Crippen LogP contribution in [0, 0.1) is 0 Å². The lowest BCUT2D eigenvalue weighted by atomic mass is 10.2. The predicted octanol–water partition coefficient (Wildman–Crippen LogP) is 2.24. The molecule has 0 radical (unpaired) electrons. The summed E-state index contributed by atoms with van der Waals surface area (Å²) in [6.07, 6.45) is 1.98. The summed E-state index contributed by atoms with van der Waals surface area (Å²) < 4.78 is 4.66. The van der Waals surface area contributed by atoms with Crippen LogP contribution in [0.1, 0.15) is 30.3 Å². The molecule has 3 aromatic rings. The molecule has 0 aliphatic carbocycles. The number of nitrogens with zero attached hydrogens (tertiary/aromatic N) is 4. The molecule has 0 aliphatic rings. The molecular weight excluding hydrogens is 308 g/mol. The Morgan fingerprint density at radius 2 is 2.12 bits per heavy atom. The second kappa shape index (κ2) is 7.12. The van der Waals surface area contributed by atoms with Crippen molar-refractivity contribution in [2.24, 2.45) is 0 Å². The third-order valence-corrected chi connectivity index (χ3v) is 3.71. The monoisotopic (exact) mass is 328 g/mol. The first-order valence-electron chi connectivity index (χ1n) is 7.89. The topological polar surface area (TPSA) is 99.9 Å². The molecule has 24 heavy (non-hydrogen) atoms. The largest absolute Gasteiger partial charge is 0.334 e. The molecule has 0 unspecified atom stereocenters. The Labute approximate surface area is 139 Å². The lowest BCUT2D eigenvalue weighted by molar-refractivity contribution is 0.206. The average molecular weight is 328 g/mol. The number of aromatic nitrogens is 4. The number of fused-ring (bicyclic) bond motifs is 1. The first kappa shape index (κ1) is 16.0. The lowest BCUT2D eigenvalue weighted by Crippen LogP contribution is -2.36. The molecule has 8 nitrogen and oxygen atoms in total. The molecule has 0 saturated carbocycles. The number of aryl methyl sites for hydroxylation is 1. The van der Waals surface area contributed by atoms with Crippen LogP contribution in [0.5, 0.6) is 0 Å². The molecule has 2 heterocycles. The van der Waals surface area contributed by atoms with E-state index in [-0.39, 0.29) is 6.03 Å². The fraction of sp³-hybridized carbons (Fsp3) is 0.375. The summed E-state index contributed by atoms with van der Waals surface area (Å²) in [6, 6.07) is 7.40. The smallest absolute Gasteiger partial charge is 0.317 e. The second-order valence-corrected chi connectivity index (χ2v) is 5.74. The van der Waals surface area contributed by atoms with E-state index in [0.717, 1.165) is 29.8 Å². The Kier molecular flexibility index (Phi) is 4.74. The van der Waals surface area contributed by atoms with E-state index in [4.69, 9.17) is 0 Å². The fourth-order valence-electron chi connectivity index (χ4n) is 2.45. The van der Waals surface area contributed by atoms with Crippen LogP contribution >= 0.6 is 0 Å². The van der Waals surface area contributed by atoms with E-state index < -0.39 is 0 Å². The van der Waals surface area contributed by atoms with Gasteiger partial charge in [-0.3, -0.25) is 5.10 Å². The summed E-state index contributed by atoms with van der Waals surface area (Å²) in [4.78, 5) is 13.8. The molecule has 2 aromatic heterocycles. The Morgan fingerprint density at radius 1 is 1.29 bits per heavy atom. The number of amides is 2. The third kappa shape index (κ3) is 3.70. The molecule has 1 aromatic carbocycles. The normalized spacial score (nSPS) is 10.9. The molecule has 126 valence electrons. The number of hydrogen-bond donors (Lipinski definition) is 2. The van der Waals surface area contributed by atoms with Gasteiger partial charge in [0.05, 0.1) is 17.9 Å². The molecular formula is C16H20N6O2. The van der Waals surface area contributed by atoms with Gasteiger partial charge in [-0.05, 0) is 40.5 Å². The number of urea groups is 1. The summed E-state index contributed by atoms with van der Waals surface area (Å²) in [5.41, 5.74) is 4.26. The third-order valence-electron chi connectivity index (χ3n) is 3.71. The van der Waals surface area contributed by atoms with Gasteiger partial charge < -0.3 is 10.2 Å². The highest BCUT2D eigenvalue weighted by Crippen LogP contribution is 2.11. The molecule has 3 rings (SSSR count). The number of aromatic amines is 1. The van der Waals surface area contributed by atoms with Gasteiger partial charge >= 0.3 is 6.03 Å². The van der Waals surface area contributed by atoms with Crippen molar-refractivity contribution in [3.8, 4) is 0 Å². The summed E-state index contributed by atoms with van der Waals surface area (Å²) in [5.74, 6) is 0. The number of nitrogens with one attached hydrogen (secondary N) is 2. The van der Waals surface area contributed by atoms with Crippen molar-refractivity contribution < 1.29 is 9.42 Å². The summed E-state index contributed by atoms with van der Waals surface area (Å²) in [6.45, 7) is 3.01. The van der Waals surface area contributed by atoms with Gasteiger partial charge in [0, 0.05) is 13.6 Å². The second-order valence-electron chi connectivity index (χ2n) is 5.74. The van der Waals surface area contributed by atoms with Crippen molar-refractivity contribution in [1.29, 1.82) is 0 Å². The van der Waals surface area contributed by atoms with E-state index >= 15 is 0 Å². The number of benzene rings is 1. The van der Waals surface area contributed by atoms with E-state index in [2.05, 4.69) is 37.4 Å². The standard InChI is InChI=1S/C16H20N6O2/c1-3-4-12-8-13(19-18-12)10-22(2)16(23)17-9-11-5-6-14-15(7-11)21-24-20-14/h5-8H,3-4,9-10H2,1-2H3,(H,17,23)(H,18,19). The Hall–Kier alpha value is -2.90. The lowest BCUT2D eigenvalue weighted by Gasteiger charge is -2.17. The van der Waals surface area contributed by atoms with Crippen molar-refractivity contribution in [2.45, 2.75) is 32.9 Å². The summed E-state index contributed by atoms with van der Waals surface area (Å²) in [5, 5.41) is 17.6. The fourth-order valence-corrected chi connectivity index (χ4v) is 2.45. The van der Waals surface area contributed by atoms with Crippen molar-refractivity contribution >= 4 is 17.1 Å². The Bertz CT molecular complexity index is 825. The van der Waals surface area contributed by atoms with Gasteiger partial charge in [-0.25, -0.2) is 9.42 Å². The molecule has 2 N–H and O–H groups in total. The Balaban J connectivity index is 1.53. The number of hydrogen-bond acceptors (Lipinski definition) is 5. The minimum Gasteiger partial charge on any atom is -0.334 e. The number of H-pyrrole nitrogens is 1. The van der Waals surface area contributed by atoms with Crippen molar-refractivity contribution in [2.75, 3.05) is 7.05 Å². The number of carbonyl (C=O) groups excluding carboxylic acids is 1.